The molecule has 3 saturated heterocycles. The van der Waals surface area contributed by atoms with Gasteiger partial charge in [-0.1, -0.05) is 6.92 Å². The Balaban J connectivity index is 1.43. The highest BCUT2D eigenvalue weighted by atomic mass is 31.2. The number of nitrogens with one attached hydrogen (secondary N) is 2. The molecular formula is C29H46N5O21P. The van der Waals surface area contributed by atoms with E-state index in [1.807, 2.05) is 0 Å². The van der Waals surface area contributed by atoms with E-state index in [9.17, 15) is 79.7 Å². The van der Waals surface area contributed by atoms with Crippen molar-refractivity contribution in [3.63, 3.8) is 0 Å². The van der Waals surface area contributed by atoms with Gasteiger partial charge in [0.15, 0.2) is 6.23 Å². The van der Waals surface area contributed by atoms with Crippen LogP contribution >= 0.6 is 7.82 Å². The molecule has 1 aromatic rings. The number of ether oxygens (including phenoxy) is 3. The third kappa shape index (κ3) is 10.2. The molecule has 2 amide bonds. The van der Waals surface area contributed by atoms with Crippen LogP contribution < -0.4 is 22.1 Å². The molecule has 0 bridgehead atoms. The van der Waals surface area contributed by atoms with Gasteiger partial charge in [-0.15, -0.1) is 0 Å². The van der Waals surface area contributed by atoms with Gasteiger partial charge < -0.3 is 86.5 Å². The van der Waals surface area contributed by atoms with E-state index in [1.165, 1.54) is 6.07 Å². The number of carboxylic acid groups (broad SMARTS) is 1. The number of phosphoric acid groups is 1. The van der Waals surface area contributed by atoms with Crippen molar-refractivity contribution in [1.29, 1.82) is 0 Å². The molecule has 15 N–H and O–H groups in total. The molecule has 0 saturated carbocycles. The van der Waals surface area contributed by atoms with Crippen LogP contribution in [-0.2, 0) is 42.2 Å². The van der Waals surface area contributed by atoms with Crippen LogP contribution in [0.5, 0.6) is 0 Å². The number of aliphatic carboxylic acids is 1. The summed E-state index contributed by atoms with van der Waals surface area (Å²) in [7, 11) is -5.68. The van der Waals surface area contributed by atoms with E-state index in [1.54, 1.807) is 6.92 Å². The summed E-state index contributed by atoms with van der Waals surface area (Å²) in [6, 6.07) is -0.683. The zero-order valence-electron chi connectivity index (χ0n) is 29.4. The highest BCUT2D eigenvalue weighted by Crippen LogP contribution is 2.51. The molecule has 11 unspecified atom stereocenters. The lowest BCUT2D eigenvalue weighted by atomic mass is 9.88. The van der Waals surface area contributed by atoms with E-state index in [4.69, 9.17) is 29.0 Å². The summed E-state index contributed by atoms with van der Waals surface area (Å²) in [4.78, 5) is 64.2. The molecule has 0 aliphatic carbocycles. The number of aliphatic hydroxyl groups excluding tert-OH is 9. The van der Waals surface area contributed by atoms with Crippen molar-refractivity contribution in [2.45, 2.75) is 117 Å². The Morgan fingerprint density at radius 1 is 1.04 bits per heavy atom. The lowest BCUT2D eigenvalue weighted by Gasteiger charge is -2.46. The monoisotopic (exact) mass is 831 g/mol. The molecule has 3 aliphatic rings. The number of nitrogens with zero attached hydrogens (tertiary/aromatic N) is 2. The van der Waals surface area contributed by atoms with Crippen LogP contribution in [0.15, 0.2) is 17.1 Å². The Kier molecular flexibility index (Phi) is 15.0. The van der Waals surface area contributed by atoms with Crippen molar-refractivity contribution in [2.24, 2.45) is 0 Å². The zero-order chi connectivity index (χ0) is 41.9. The predicted octanol–water partition coefficient (Wildman–Crippen LogP) is -7.53. The molecule has 1 aromatic heterocycles. The number of amides is 2. The molecule has 3 aliphatic heterocycles. The smallest absolute Gasteiger partial charge is 0.475 e. The second-order valence-corrected chi connectivity index (χ2v) is 14.6. The molecule has 56 heavy (non-hydrogen) atoms. The maximum absolute atomic E-state index is 13.1. The summed E-state index contributed by atoms with van der Waals surface area (Å²) < 4.78 is 39.7. The predicted molar refractivity (Wildman–Crippen MR) is 177 cm³/mol. The molecule has 318 valence electrons. The van der Waals surface area contributed by atoms with Crippen LogP contribution in [0.1, 0.15) is 32.4 Å². The van der Waals surface area contributed by atoms with Crippen LogP contribution in [0.2, 0.25) is 0 Å². The minimum absolute atomic E-state index is 0.169. The topological polar surface area (TPSA) is 422 Å². The average molecular weight is 832 g/mol. The van der Waals surface area contributed by atoms with Crippen LogP contribution in [0.4, 0.5) is 5.82 Å². The molecular weight excluding hydrogens is 785 g/mol. The van der Waals surface area contributed by atoms with Gasteiger partial charge in [0.25, 0.3) is 5.79 Å². The highest BCUT2D eigenvalue weighted by Gasteiger charge is 2.59. The number of carbonyl (C=O) groups excluding carboxylic acids is 2. The minimum Gasteiger partial charge on any atom is -0.477 e. The number of hydrogen-bond donors (Lipinski definition) is 14. The van der Waals surface area contributed by atoms with E-state index in [-0.39, 0.29) is 12.2 Å². The first kappa shape index (κ1) is 45.4. The Labute approximate surface area is 315 Å². The highest BCUT2D eigenvalue weighted by molar-refractivity contribution is 7.47. The molecule has 0 aromatic carbocycles. The third-order valence-corrected chi connectivity index (χ3v) is 10.3. The number of nitrogen functional groups attached to an aromatic ring is 1. The van der Waals surface area contributed by atoms with Crippen molar-refractivity contribution < 1.29 is 98.2 Å². The number of phosphoric ester groups is 1. The third-order valence-electron chi connectivity index (χ3n) is 9.32. The fourth-order valence-electron chi connectivity index (χ4n) is 6.29. The van der Waals surface area contributed by atoms with Gasteiger partial charge in [0, 0.05) is 12.6 Å². The first-order valence-electron chi connectivity index (χ1n) is 17.0. The van der Waals surface area contributed by atoms with Crippen LogP contribution in [0.25, 0.3) is 0 Å². The standard InChI is InChI=1S/C29H46N5O21P/c1-2-12-20(41)23(44)21(42)13(52-12)5-16(38)31-7-17(39)33-18-10(36)6-29(27(46)47,54-25(18)19(40)11(37)8-35)55-56(49,50)51-9-14-22(43)24(45)26(53-14)34-4-3-15(30)32-28(34)48/h3-4,10-14,18-26,35-37,40-45H,2,5-9H2,1H3,(H,31,38)(H,33,39)(H,46,47)(H,49,50)(H2,30,32,48)/t10?,11-,12?,13+,14?,18?,19-,20-,21?,22?,23+,24?,25?,26?,29?/m1/s1. The summed E-state index contributed by atoms with van der Waals surface area (Å²) in [5.74, 6) is -7.74. The zero-order valence-corrected chi connectivity index (χ0v) is 30.3. The number of rotatable bonds is 16. The summed E-state index contributed by atoms with van der Waals surface area (Å²) >= 11 is 0. The van der Waals surface area contributed by atoms with E-state index in [2.05, 4.69) is 15.6 Å². The van der Waals surface area contributed by atoms with Crippen molar-refractivity contribution in [3.05, 3.63) is 22.7 Å². The van der Waals surface area contributed by atoms with E-state index < -0.39 is 155 Å². The molecule has 0 radical (unpaired) electrons. The molecule has 26 nitrogen and oxygen atoms in total. The molecule has 27 heteroatoms. The Morgan fingerprint density at radius 2 is 1.68 bits per heavy atom. The fourth-order valence-corrected chi connectivity index (χ4v) is 7.24. The number of nitrogens with two attached hydrogens (primary N) is 1. The Bertz CT molecular complexity index is 1650. The van der Waals surface area contributed by atoms with Gasteiger partial charge >= 0.3 is 19.5 Å². The van der Waals surface area contributed by atoms with Crippen LogP contribution in [0.3, 0.4) is 0 Å². The van der Waals surface area contributed by atoms with Gasteiger partial charge in [-0.05, 0) is 12.5 Å². The summed E-state index contributed by atoms with van der Waals surface area (Å²) in [6.45, 7) is -1.49. The number of hydrogen-bond acceptors (Lipinski definition) is 21. The minimum atomic E-state index is -5.68. The second-order valence-electron chi connectivity index (χ2n) is 13.3. The van der Waals surface area contributed by atoms with Crippen molar-refractivity contribution >= 4 is 31.4 Å². The molecule has 16 atom stereocenters. The Hall–Kier alpha value is -3.28. The number of aliphatic hydroxyl groups is 9. The first-order chi connectivity index (χ1) is 26.1. The molecule has 4 heterocycles. The van der Waals surface area contributed by atoms with E-state index in [0.29, 0.717) is 0 Å². The number of anilines is 1. The van der Waals surface area contributed by atoms with Gasteiger partial charge in [-0.25, -0.2) is 18.7 Å². The van der Waals surface area contributed by atoms with Crippen molar-refractivity contribution in [2.75, 3.05) is 25.5 Å². The molecule has 0 spiro atoms. The normalized spacial score (nSPS) is 36.9. The van der Waals surface area contributed by atoms with Gasteiger partial charge in [0.2, 0.25) is 11.8 Å². The SMILES string of the molecule is CCC1O[C@@H](CC(=O)NCC(=O)NC2C(O)CC(OP(=O)(O)OCC3OC(n4ccc(N)nc4=O)C(O)C3O)(C(=O)O)OC2[C@H](O)[C@H](O)CO)C(O)[C@@H](O)[C@@H]1O. The summed E-state index contributed by atoms with van der Waals surface area (Å²) in [5.41, 5.74) is 4.45. The van der Waals surface area contributed by atoms with E-state index in [0.717, 1.165) is 10.8 Å². The lowest BCUT2D eigenvalue weighted by molar-refractivity contribution is -0.289. The van der Waals surface area contributed by atoms with Crippen molar-refractivity contribution in [3.8, 4) is 0 Å². The van der Waals surface area contributed by atoms with E-state index >= 15 is 0 Å². The fraction of sp³-hybridized carbons (Fsp3) is 0.759. The average Bonchev–Trinajstić information content (AvgIpc) is 3.42. The first-order valence-corrected chi connectivity index (χ1v) is 18.5. The van der Waals surface area contributed by atoms with Gasteiger partial charge in [-0.2, -0.15) is 4.98 Å². The summed E-state index contributed by atoms with van der Waals surface area (Å²) in [6.07, 6.45) is -23.2. The maximum Gasteiger partial charge on any atom is 0.475 e. The van der Waals surface area contributed by atoms with Crippen LogP contribution in [0, 0.1) is 0 Å². The largest absolute Gasteiger partial charge is 0.477 e. The quantitative estimate of drug-likeness (QED) is 0.0688. The van der Waals surface area contributed by atoms with Gasteiger partial charge in [-0.3, -0.25) is 18.7 Å². The number of carboxylic acids is 1. The second kappa shape index (κ2) is 18.5. The van der Waals surface area contributed by atoms with Crippen molar-refractivity contribution in [1.82, 2.24) is 20.2 Å². The number of carbonyl (C=O) groups is 3. The van der Waals surface area contributed by atoms with Crippen LogP contribution in [-0.4, -0.2) is 188 Å². The lowest BCUT2D eigenvalue weighted by Crippen LogP contribution is -2.68. The van der Waals surface area contributed by atoms with Gasteiger partial charge in [0.05, 0.1) is 50.5 Å². The molecule has 3 fully saturated rings. The molecule has 4 rings (SSSR count). The Morgan fingerprint density at radius 3 is 2.29 bits per heavy atom. The maximum atomic E-state index is 13.1. The summed E-state index contributed by atoms with van der Waals surface area (Å²) in [5, 5.41) is 107. The van der Waals surface area contributed by atoms with Gasteiger partial charge in [0.1, 0.15) is 60.8 Å². The number of aromatic nitrogens is 2.